The number of nitrogens with zero attached hydrogens (tertiary/aromatic N) is 3. The van der Waals surface area contributed by atoms with Crippen molar-refractivity contribution in [2.75, 3.05) is 53.6 Å². The summed E-state index contributed by atoms with van der Waals surface area (Å²) >= 11 is 0. The lowest BCUT2D eigenvalue weighted by Crippen LogP contribution is -2.41. The number of benzene rings is 1. The number of furan rings is 1. The summed E-state index contributed by atoms with van der Waals surface area (Å²) in [6.45, 7) is 5.41. The second-order valence-corrected chi connectivity index (χ2v) is 8.13. The molecule has 1 aliphatic rings. The van der Waals surface area contributed by atoms with Crippen LogP contribution in [0.1, 0.15) is 30.0 Å². The van der Waals surface area contributed by atoms with E-state index in [1.807, 2.05) is 38.1 Å². The molecule has 1 aromatic carbocycles. The topological polar surface area (TPSA) is 102 Å². The Morgan fingerprint density at radius 2 is 1.74 bits per heavy atom. The van der Waals surface area contributed by atoms with Gasteiger partial charge in [-0.2, -0.15) is 0 Å². The average molecular weight is 488 g/mol. The summed E-state index contributed by atoms with van der Waals surface area (Å²) in [5, 5.41) is 0. The first-order chi connectivity index (χ1) is 16.9. The van der Waals surface area contributed by atoms with E-state index >= 15 is 0 Å². The minimum atomic E-state index is -0.556. The summed E-state index contributed by atoms with van der Waals surface area (Å²) in [7, 11) is 3.03. The Kier molecular flexibility index (Phi) is 9.13. The van der Waals surface area contributed by atoms with Crippen LogP contribution in [0.4, 0.5) is 0 Å². The van der Waals surface area contributed by atoms with Gasteiger partial charge in [0.15, 0.2) is 5.76 Å². The zero-order valence-electron chi connectivity index (χ0n) is 20.7. The molecule has 3 amide bonds. The van der Waals surface area contributed by atoms with Crippen LogP contribution in [-0.4, -0.2) is 92.1 Å². The van der Waals surface area contributed by atoms with Crippen LogP contribution >= 0.6 is 0 Å². The quantitative estimate of drug-likeness (QED) is 0.505. The molecular formula is C25H33N3O7. The molecule has 1 fully saturated rings. The lowest BCUT2D eigenvalue weighted by atomic mass is 10.2. The largest absolute Gasteiger partial charge is 0.497 e. The predicted molar refractivity (Wildman–Crippen MR) is 127 cm³/mol. The third kappa shape index (κ3) is 6.75. The SMILES string of the molecule is CCN(CC)C(=O)CO[C@H]1CN(Cc2ccc(OC)cc2)C(=O)CN(C(=O)c2ccc(OC)o2)C1. The van der Waals surface area contributed by atoms with Crippen molar-refractivity contribution in [2.45, 2.75) is 26.5 Å². The van der Waals surface area contributed by atoms with Gasteiger partial charge < -0.3 is 33.3 Å². The van der Waals surface area contributed by atoms with E-state index in [-0.39, 0.29) is 49.8 Å². The van der Waals surface area contributed by atoms with Crippen LogP contribution in [0.15, 0.2) is 40.8 Å². The van der Waals surface area contributed by atoms with E-state index in [9.17, 15) is 14.4 Å². The Morgan fingerprint density at radius 1 is 1.03 bits per heavy atom. The molecular weight excluding hydrogens is 454 g/mol. The number of hydrogen-bond donors (Lipinski definition) is 0. The Morgan fingerprint density at radius 3 is 2.34 bits per heavy atom. The molecule has 10 nitrogen and oxygen atoms in total. The summed E-state index contributed by atoms with van der Waals surface area (Å²) in [5.41, 5.74) is 0.910. The Labute approximate surface area is 205 Å². The number of carbonyl (C=O) groups excluding carboxylic acids is 3. The first-order valence-corrected chi connectivity index (χ1v) is 11.6. The van der Waals surface area contributed by atoms with E-state index < -0.39 is 12.0 Å². The number of likely N-dealkylation sites (N-methyl/N-ethyl adjacent to an activating group) is 1. The van der Waals surface area contributed by atoms with Crippen molar-refractivity contribution in [2.24, 2.45) is 0 Å². The third-order valence-electron chi connectivity index (χ3n) is 5.90. The van der Waals surface area contributed by atoms with Crippen molar-refractivity contribution < 1.29 is 33.0 Å². The summed E-state index contributed by atoms with van der Waals surface area (Å²) in [5.74, 6) is 0.175. The summed E-state index contributed by atoms with van der Waals surface area (Å²) in [6, 6.07) is 10.5. The van der Waals surface area contributed by atoms with Crippen LogP contribution in [0.25, 0.3) is 0 Å². The van der Waals surface area contributed by atoms with Gasteiger partial charge in [-0.25, -0.2) is 0 Å². The summed E-state index contributed by atoms with van der Waals surface area (Å²) < 4.78 is 21.6. The number of amides is 3. The monoisotopic (exact) mass is 487 g/mol. The van der Waals surface area contributed by atoms with Gasteiger partial charge in [-0.05, 0) is 37.6 Å². The fraction of sp³-hybridized carbons (Fsp3) is 0.480. The highest BCUT2D eigenvalue weighted by Crippen LogP contribution is 2.20. The van der Waals surface area contributed by atoms with Crippen molar-refractivity contribution in [3.05, 3.63) is 47.7 Å². The highest BCUT2D eigenvalue weighted by atomic mass is 16.6. The molecule has 0 radical (unpaired) electrons. The van der Waals surface area contributed by atoms with Crippen LogP contribution in [0.5, 0.6) is 11.7 Å². The zero-order valence-corrected chi connectivity index (χ0v) is 20.7. The molecule has 1 atom stereocenters. The molecule has 10 heteroatoms. The van der Waals surface area contributed by atoms with Gasteiger partial charge in [-0.15, -0.1) is 0 Å². The maximum atomic E-state index is 13.2. The lowest BCUT2D eigenvalue weighted by molar-refractivity contribution is -0.138. The van der Waals surface area contributed by atoms with Crippen LogP contribution in [0.3, 0.4) is 0 Å². The normalized spacial score (nSPS) is 16.1. The van der Waals surface area contributed by atoms with Crippen LogP contribution < -0.4 is 9.47 Å². The molecule has 190 valence electrons. The predicted octanol–water partition coefficient (Wildman–Crippen LogP) is 2.03. The highest BCUT2D eigenvalue weighted by Gasteiger charge is 2.33. The van der Waals surface area contributed by atoms with Gasteiger partial charge in [-0.3, -0.25) is 14.4 Å². The van der Waals surface area contributed by atoms with Gasteiger partial charge in [0.05, 0.1) is 20.3 Å². The molecule has 0 aliphatic carbocycles. The summed E-state index contributed by atoms with van der Waals surface area (Å²) in [6.07, 6.45) is -0.556. The molecule has 0 saturated carbocycles. The van der Waals surface area contributed by atoms with E-state index in [1.165, 1.54) is 18.1 Å². The van der Waals surface area contributed by atoms with Gasteiger partial charge in [0.2, 0.25) is 11.8 Å². The molecule has 0 unspecified atom stereocenters. The van der Waals surface area contributed by atoms with E-state index in [2.05, 4.69) is 0 Å². The van der Waals surface area contributed by atoms with Crippen molar-refractivity contribution in [1.82, 2.24) is 14.7 Å². The standard InChI is InChI=1S/C25H33N3O7/c1-5-26(6-2)23(30)17-34-20-14-27(13-18-7-9-19(32-3)10-8-18)22(29)16-28(15-20)25(31)21-11-12-24(33-4)35-21/h7-12,20H,5-6,13-17H2,1-4H3/t20-/m0/s1. The molecule has 3 rings (SSSR count). The maximum absolute atomic E-state index is 13.2. The van der Waals surface area contributed by atoms with Gasteiger partial charge in [0, 0.05) is 38.8 Å². The number of hydrogen-bond acceptors (Lipinski definition) is 7. The van der Waals surface area contributed by atoms with Crippen LogP contribution in [0, 0.1) is 0 Å². The fourth-order valence-corrected chi connectivity index (χ4v) is 3.90. The molecule has 0 N–H and O–H groups in total. The Bertz CT molecular complexity index is 1000. The Hall–Kier alpha value is -3.53. The smallest absolute Gasteiger partial charge is 0.290 e. The average Bonchev–Trinajstić information content (AvgIpc) is 3.30. The van der Waals surface area contributed by atoms with Crippen LogP contribution in [-0.2, 0) is 20.9 Å². The molecule has 2 aromatic rings. The first-order valence-electron chi connectivity index (χ1n) is 11.6. The number of carbonyl (C=O) groups is 3. The van der Waals surface area contributed by atoms with Gasteiger partial charge >= 0.3 is 0 Å². The molecule has 1 aromatic heterocycles. The van der Waals surface area contributed by atoms with Crippen molar-refractivity contribution >= 4 is 17.7 Å². The van der Waals surface area contributed by atoms with Gasteiger partial charge in [-0.1, -0.05) is 12.1 Å². The third-order valence-corrected chi connectivity index (χ3v) is 5.90. The lowest BCUT2D eigenvalue weighted by Gasteiger charge is -2.26. The van der Waals surface area contributed by atoms with E-state index in [4.69, 9.17) is 18.6 Å². The Balaban J connectivity index is 1.78. The molecule has 0 spiro atoms. The number of rotatable bonds is 10. The van der Waals surface area contributed by atoms with Crippen molar-refractivity contribution in [3.8, 4) is 11.7 Å². The van der Waals surface area contributed by atoms with Crippen molar-refractivity contribution in [3.63, 3.8) is 0 Å². The molecule has 0 bridgehead atoms. The van der Waals surface area contributed by atoms with Gasteiger partial charge in [0.25, 0.3) is 11.9 Å². The molecule has 1 saturated heterocycles. The fourth-order valence-electron chi connectivity index (χ4n) is 3.90. The molecule has 2 heterocycles. The highest BCUT2D eigenvalue weighted by molar-refractivity contribution is 5.94. The molecule has 1 aliphatic heterocycles. The summed E-state index contributed by atoms with van der Waals surface area (Å²) in [4.78, 5) is 43.5. The van der Waals surface area contributed by atoms with E-state index in [0.29, 0.717) is 19.6 Å². The van der Waals surface area contributed by atoms with E-state index in [1.54, 1.807) is 23.0 Å². The second kappa shape index (κ2) is 12.3. The minimum Gasteiger partial charge on any atom is -0.497 e. The number of methoxy groups -OCH3 is 2. The minimum absolute atomic E-state index is 0.0659. The maximum Gasteiger partial charge on any atom is 0.290 e. The van der Waals surface area contributed by atoms with Gasteiger partial charge in [0.1, 0.15) is 18.9 Å². The zero-order chi connectivity index (χ0) is 25.4. The number of ether oxygens (including phenoxy) is 3. The first kappa shape index (κ1) is 26.1. The van der Waals surface area contributed by atoms with Crippen molar-refractivity contribution in [1.29, 1.82) is 0 Å². The van der Waals surface area contributed by atoms with Crippen LogP contribution in [0.2, 0.25) is 0 Å². The second-order valence-electron chi connectivity index (χ2n) is 8.13. The molecule has 35 heavy (non-hydrogen) atoms. The van der Waals surface area contributed by atoms with E-state index in [0.717, 1.165) is 11.3 Å².